The van der Waals surface area contributed by atoms with E-state index >= 15 is 0 Å². The summed E-state index contributed by atoms with van der Waals surface area (Å²) in [6, 6.07) is 0. The number of thiazole rings is 1. The van der Waals surface area contributed by atoms with Crippen LogP contribution < -0.4 is 5.32 Å². The smallest absolute Gasteiger partial charge is 0.194 e. The molecule has 0 bridgehead atoms. The van der Waals surface area contributed by atoms with Gasteiger partial charge in [0.15, 0.2) is 4.96 Å². The molecule has 0 atom stereocenters. The molecule has 0 amide bonds. The lowest BCUT2D eigenvalue weighted by molar-refractivity contribution is 0.420. The summed E-state index contributed by atoms with van der Waals surface area (Å²) in [4.78, 5) is 5.67. The molecule has 0 aliphatic heterocycles. The molecule has 0 aliphatic carbocycles. The van der Waals surface area contributed by atoms with Crippen molar-refractivity contribution in [1.29, 1.82) is 0 Å². The number of aryl methyl sites for hydroxylation is 2. The van der Waals surface area contributed by atoms with Gasteiger partial charge in [-0.1, -0.05) is 0 Å². The van der Waals surface area contributed by atoms with Gasteiger partial charge in [-0.25, -0.2) is 4.98 Å². The molecule has 0 unspecified atom stereocenters. The van der Waals surface area contributed by atoms with E-state index in [1.165, 1.54) is 11.4 Å². The fourth-order valence-corrected chi connectivity index (χ4v) is 2.66. The lowest BCUT2D eigenvalue weighted by Crippen LogP contribution is -2.35. The third-order valence-electron chi connectivity index (χ3n) is 2.62. The number of nitrogens with one attached hydrogen (secondary N) is 1. The largest absolute Gasteiger partial charge is 0.306 e. The highest BCUT2D eigenvalue weighted by atomic mass is 32.1. The monoisotopic (exact) mass is 237 g/mol. The maximum absolute atomic E-state index is 4.58. The quantitative estimate of drug-likeness (QED) is 0.870. The van der Waals surface area contributed by atoms with Gasteiger partial charge in [-0.15, -0.1) is 11.3 Å². The summed E-state index contributed by atoms with van der Waals surface area (Å²) in [6.07, 6.45) is 0. The second-order valence-electron chi connectivity index (χ2n) is 5.24. The summed E-state index contributed by atoms with van der Waals surface area (Å²) in [5.41, 5.74) is 3.82. The SMILES string of the molecule is Cc1nc2scc(C)n2c1CNC(C)(C)C. The number of nitrogens with zero attached hydrogens (tertiary/aromatic N) is 2. The third-order valence-corrected chi connectivity index (χ3v) is 3.56. The van der Waals surface area contributed by atoms with Crippen molar-refractivity contribution >= 4 is 16.3 Å². The van der Waals surface area contributed by atoms with Crippen LogP contribution in [0.3, 0.4) is 0 Å². The highest BCUT2D eigenvalue weighted by Crippen LogP contribution is 2.20. The van der Waals surface area contributed by atoms with Gasteiger partial charge in [-0.3, -0.25) is 4.40 Å². The van der Waals surface area contributed by atoms with Gasteiger partial charge < -0.3 is 5.32 Å². The average molecular weight is 237 g/mol. The Labute approximate surface area is 101 Å². The van der Waals surface area contributed by atoms with E-state index in [0.717, 1.165) is 17.2 Å². The van der Waals surface area contributed by atoms with Crippen LogP contribution in [0.25, 0.3) is 4.96 Å². The molecule has 0 radical (unpaired) electrons. The summed E-state index contributed by atoms with van der Waals surface area (Å²) in [5.74, 6) is 0. The molecule has 2 aromatic heterocycles. The van der Waals surface area contributed by atoms with Crippen molar-refractivity contribution in [2.24, 2.45) is 0 Å². The standard InChI is InChI=1S/C12H19N3S/c1-8-7-16-11-14-9(2)10(15(8)11)6-13-12(3,4)5/h7,13H,6H2,1-5H3. The number of aromatic nitrogens is 2. The van der Waals surface area contributed by atoms with Gasteiger partial charge in [0.1, 0.15) is 0 Å². The molecule has 88 valence electrons. The molecule has 0 aromatic carbocycles. The minimum absolute atomic E-state index is 0.139. The molecule has 4 heteroatoms. The third kappa shape index (κ3) is 2.13. The van der Waals surface area contributed by atoms with Gasteiger partial charge in [-0.2, -0.15) is 0 Å². The zero-order chi connectivity index (χ0) is 11.9. The normalized spacial score (nSPS) is 12.6. The first-order valence-corrected chi connectivity index (χ1v) is 6.43. The van der Waals surface area contributed by atoms with Crippen LogP contribution in [0, 0.1) is 13.8 Å². The Morgan fingerprint density at radius 1 is 1.38 bits per heavy atom. The topological polar surface area (TPSA) is 29.3 Å². The van der Waals surface area contributed by atoms with Gasteiger partial charge in [0.05, 0.1) is 11.4 Å². The highest BCUT2D eigenvalue weighted by Gasteiger charge is 2.15. The molecule has 0 fully saturated rings. The molecular formula is C12H19N3S. The van der Waals surface area contributed by atoms with E-state index in [4.69, 9.17) is 0 Å². The van der Waals surface area contributed by atoms with Crippen LogP contribution in [-0.2, 0) is 6.54 Å². The molecule has 3 nitrogen and oxygen atoms in total. The Hall–Kier alpha value is -0.870. The number of hydrogen-bond donors (Lipinski definition) is 1. The first-order chi connectivity index (χ1) is 7.38. The van der Waals surface area contributed by atoms with E-state index in [1.54, 1.807) is 11.3 Å². The van der Waals surface area contributed by atoms with E-state index in [0.29, 0.717) is 0 Å². The zero-order valence-corrected chi connectivity index (χ0v) is 11.4. The molecule has 2 aromatic rings. The molecule has 2 rings (SSSR count). The fraction of sp³-hybridized carbons (Fsp3) is 0.583. The van der Waals surface area contributed by atoms with Crippen molar-refractivity contribution in [1.82, 2.24) is 14.7 Å². The Kier molecular flexibility index (Phi) is 2.80. The molecule has 0 aliphatic rings. The van der Waals surface area contributed by atoms with Crippen LogP contribution in [0.2, 0.25) is 0 Å². The van der Waals surface area contributed by atoms with Crippen molar-refractivity contribution in [2.75, 3.05) is 0 Å². The molecule has 1 N–H and O–H groups in total. The van der Waals surface area contributed by atoms with Crippen molar-refractivity contribution < 1.29 is 0 Å². The number of imidazole rings is 1. The molecule has 0 saturated heterocycles. The van der Waals surface area contributed by atoms with Crippen LogP contribution in [0.15, 0.2) is 5.38 Å². The van der Waals surface area contributed by atoms with Gasteiger partial charge in [0.25, 0.3) is 0 Å². The van der Waals surface area contributed by atoms with Crippen LogP contribution >= 0.6 is 11.3 Å². The van der Waals surface area contributed by atoms with Gasteiger partial charge in [0, 0.05) is 23.2 Å². The first-order valence-electron chi connectivity index (χ1n) is 5.55. The summed E-state index contributed by atoms with van der Waals surface area (Å²) in [6.45, 7) is 11.6. The van der Waals surface area contributed by atoms with E-state index in [9.17, 15) is 0 Å². The van der Waals surface area contributed by atoms with E-state index in [-0.39, 0.29) is 5.54 Å². The summed E-state index contributed by atoms with van der Waals surface area (Å²) >= 11 is 1.71. The summed E-state index contributed by atoms with van der Waals surface area (Å²) < 4.78 is 2.25. The van der Waals surface area contributed by atoms with Crippen molar-refractivity contribution in [2.45, 2.75) is 46.7 Å². The van der Waals surface area contributed by atoms with Gasteiger partial charge in [0.2, 0.25) is 0 Å². The second-order valence-corrected chi connectivity index (χ2v) is 6.08. The summed E-state index contributed by atoms with van der Waals surface area (Å²) in [7, 11) is 0. The van der Waals surface area contributed by atoms with E-state index < -0.39 is 0 Å². The minimum Gasteiger partial charge on any atom is -0.306 e. The molecule has 0 spiro atoms. The van der Waals surface area contributed by atoms with Crippen LogP contribution in [-0.4, -0.2) is 14.9 Å². The number of rotatable bonds is 2. The highest BCUT2D eigenvalue weighted by molar-refractivity contribution is 7.15. The number of hydrogen-bond acceptors (Lipinski definition) is 3. The Morgan fingerprint density at radius 3 is 2.69 bits per heavy atom. The maximum Gasteiger partial charge on any atom is 0.194 e. The Balaban J connectivity index is 2.35. The zero-order valence-electron chi connectivity index (χ0n) is 10.6. The van der Waals surface area contributed by atoms with E-state index in [2.05, 4.69) is 54.7 Å². The minimum atomic E-state index is 0.139. The molecule has 0 saturated carbocycles. The van der Waals surface area contributed by atoms with Crippen LogP contribution in [0.5, 0.6) is 0 Å². The predicted molar refractivity (Wildman–Crippen MR) is 69.1 cm³/mol. The average Bonchev–Trinajstić information content (AvgIpc) is 2.63. The van der Waals surface area contributed by atoms with Crippen LogP contribution in [0.1, 0.15) is 37.9 Å². The molecule has 2 heterocycles. The van der Waals surface area contributed by atoms with Crippen molar-refractivity contribution in [3.63, 3.8) is 0 Å². The van der Waals surface area contributed by atoms with Gasteiger partial charge in [-0.05, 0) is 34.6 Å². The molecule has 16 heavy (non-hydrogen) atoms. The van der Waals surface area contributed by atoms with E-state index in [1.807, 2.05) is 0 Å². The first kappa shape index (κ1) is 11.6. The summed E-state index contributed by atoms with van der Waals surface area (Å²) in [5, 5.41) is 5.67. The Bertz CT molecular complexity index is 502. The molecular weight excluding hydrogens is 218 g/mol. The van der Waals surface area contributed by atoms with Gasteiger partial charge >= 0.3 is 0 Å². The van der Waals surface area contributed by atoms with Crippen molar-refractivity contribution in [3.05, 3.63) is 22.5 Å². The number of fused-ring (bicyclic) bond motifs is 1. The lowest BCUT2D eigenvalue weighted by atomic mass is 10.1. The maximum atomic E-state index is 4.58. The lowest BCUT2D eigenvalue weighted by Gasteiger charge is -2.20. The predicted octanol–water partition coefficient (Wildman–Crippen LogP) is 2.90. The fourth-order valence-electron chi connectivity index (χ4n) is 1.72. The van der Waals surface area contributed by atoms with Crippen LogP contribution in [0.4, 0.5) is 0 Å². The Morgan fingerprint density at radius 2 is 2.06 bits per heavy atom. The van der Waals surface area contributed by atoms with Crippen molar-refractivity contribution in [3.8, 4) is 0 Å². The second kappa shape index (κ2) is 3.86.